The van der Waals surface area contributed by atoms with Crippen molar-refractivity contribution in [3.05, 3.63) is 59.3 Å². The molecular weight excluding hydrogens is 256 g/mol. The molecule has 0 heterocycles. The Morgan fingerprint density at radius 2 is 1.55 bits per heavy atom. The van der Waals surface area contributed by atoms with E-state index >= 15 is 0 Å². The van der Waals surface area contributed by atoms with E-state index in [1.54, 1.807) is 19.1 Å². The smallest absolute Gasteiger partial charge is 0.330 e. The number of ether oxygens (including phenoxy) is 1. The van der Waals surface area contributed by atoms with Crippen molar-refractivity contribution in [2.24, 2.45) is 0 Å². The monoisotopic (exact) mass is 276 g/mol. The Kier molecular flexibility index (Phi) is 8.43. The highest BCUT2D eigenvalue weighted by atomic mass is 16.5. The highest BCUT2D eigenvalue weighted by Crippen LogP contribution is 2.04. The lowest BCUT2D eigenvalue weighted by Crippen LogP contribution is -1.93. The number of hydrogen-bond donors (Lipinski definition) is 1. The lowest BCUT2D eigenvalue weighted by molar-refractivity contribution is -0.135. The zero-order valence-corrected chi connectivity index (χ0v) is 12.2. The molecule has 0 fully saturated rings. The fourth-order valence-corrected chi connectivity index (χ4v) is 1.32. The van der Waals surface area contributed by atoms with Crippen LogP contribution in [0.5, 0.6) is 0 Å². The molecular formula is C16H20O4. The summed E-state index contributed by atoms with van der Waals surface area (Å²) in [7, 11) is 1.33. The van der Waals surface area contributed by atoms with Crippen LogP contribution < -0.4 is 0 Å². The Hall–Kier alpha value is -2.36. The normalized spacial score (nSPS) is 14.1. The fraction of sp³-hybridized carbons (Fsp3) is 0.250. The van der Waals surface area contributed by atoms with Crippen molar-refractivity contribution in [1.82, 2.24) is 0 Å². The first-order valence-electron chi connectivity index (χ1n) is 6.05. The van der Waals surface area contributed by atoms with Crippen LogP contribution in [0, 0.1) is 0 Å². The molecule has 0 saturated heterocycles. The minimum Gasteiger partial charge on any atom is -0.478 e. The van der Waals surface area contributed by atoms with Crippen LogP contribution in [0.15, 0.2) is 59.3 Å². The van der Waals surface area contributed by atoms with E-state index in [9.17, 15) is 9.59 Å². The summed E-state index contributed by atoms with van der Waals surface area (Å²) >= 11 is 0. The topological polar surface area (TPSA) is 63.6 Å². The molecule has 0 bridgehead atoms. The van der Waals surface area contributed by atoms with Crippen molar-refractivity contribution in [1.29, 1.82) is 0 Å². The summed E-state index contributed by atoms with van der Waals surface area (Å²) in [5.41, 5.74) is 2.50. The molecule has 0 aromatic heterocycles. The maximum absolute atomic E-state index is 10.9. The van der Waals surface area contributed by atoms with E-state index in [2.05, 4.69) is 4.74 Å². The predicted molar refractivity (Wildman–Crippen MR) is 79.2 cm³/mol. The minimum atomic E-state index is -0.959. The molecule has 20 heavy (non-hydrogen) atoms. The van der Waals surface area contributed by atoms with E-state index in [0.717, 1.165) is 17.2 Å². The molecule has 0 aromatic rings. The lowest BCUT2D eigenvalue weighted by Gasteiger charge is -1.94. The van der Waals surface area contributed by atoms with E-state index in [4.69, 9.17) is 5.11 Å². The van der Waals surface area contributed by atoms with Gasteiger partial charge in [0.2, 0.25) is 0 Å². The summed E-state index contributed by atoms with van der Waals surface area (Å²) < 4.78 is 4.48. The number of methoxy groups -OCH3 is 1. The van der Waals surface area contributed by atoms with E-state index in [1.165, 1.54) is 13.2 Å². The third-order valence-corrected chi connectivity index (χ3v) is 2.21. The first-order chi connectivity index (χ1) is 9.35. The fourth-order valence-electron chi connectivity index (χ4n) is 1.32. The van der Waals surface area contributed by atoms with Gasteiger partial charge in [-0.05, 0) is 26.3 Å². The SMILES string of the molecule is COC(=O)C=CC(C)=CC=CC(C)=CC(C)=CC(=O)O. The number of carboxylic acid groups (broad SMARTS) is 1. The van der Waals surface area contributed by atoms with Gasteiger partial charge in [0.1, 0.15) is 0 Å². The van der Waals surface area contributed by atoms with Gasteiger partial charge in [0.05, 0.1) is 7.11 Å². The van der Waals surface area contributed by atoms with Crippen LogP contribution >= 0.6 is 0 Å². The molecule has 4 heteroatoms. The van der Waals surface area contributed by atoms with Gasteiger partial charge in [-0.15, -0.1) is 0 Å². The van der Waals surface area contributed by atoms with Crippen LogP contribution in [-0.4, -0.2) is 24.2 Å². The first kappa shape index (κ1) is 17.6. The first-order valence-corrected chi connectivity index (χ1v) is 6.05. The Labute approximate surface area is 119 Å². The van der Waals surface area contributed by atoms with Crippen LogP contribution in [0.2, 0.25) is 0 Å². The Balaban J connectivity index is 4.64. The summed E-state index contributed by atoms with van der Waals surface area (Å²) in [6.07, 6.45) is 11.5. The summed E-state index contributed by atoms with van der Waals surface area (Å²) in [5, 5.41) is 8.59. The number of rotatable bonds is 6. The Bertz CT molecular complexity index is 503. The van der Waals surface area contributed by atoms with E-state index in [-0.39, 0.29) is 0 Å². The minimum absolute atomic E-state index is 0.396. The van der Waals surface area contributed by atoms with Crippen LogP contribution in [0.3, 0.4) is 0 Å². The molecule has 108 valence electrons. The second kappa shape index (κ2) is 9.55. The molecule has 0 aliphatic carbocycles. The molecule has 0 saturated carbocycles. The third kappa shape index (κ3) is 9.65. The molecule has 0 unspecified atom stereocenters. The van der Waals surface area contributed by atoms with E-state index < -0.39 is 11.9 Å². The van der Waals surface area contributed by atoms with Crippen molar-refractivity contribution in [2.45, 2.75) is 20.8 Å². The average molecular weight is 276 g/mol. The standard InChI is InChI=1S/C16H20O4/c1-12(8-9-16(19)20-4)6-5-7-13(2)10-14(3)11-15(17)18/h5-11H,1-4H3,(H,17,18). The van der Waals surface area contributed by atoms with Crippen molar-refractivity contribution in [3.8, 4) is 0 Å². The zero-order valence-electron chi connectivity index (χ0n) is 12.2. The summed E-state index contributed by atoms with van der Waals surface area (Å²) in [4.78, 5) is 21.4. The van der Waals surface area contributed by atoms with Gasteiger partial charge in [-0.3, -0.25) is 0 Å². The van der Waals surface area contributed by atoms with Gasteiger partial charge in [0.15, 0.2) is 0 Å². The van der Waals surface area contributed by atoms with Gasteiger partial charge in [0.25, 0.3) is 0 Å². The molecule has 0 aliphatic rings. The second-order valence-electron chi connectivity index (χ2n) is 4.24. The largest absolute Gasteiger partial charge is 0.478 e. The number of allylic oxidation sites excluding steroid dienone is 8. The van der Waals surface area contributed by atoms with Crippen LogP contribution in [0.25, 0.3) is 0 Å². The van der Waals surface area contributed by atoms with Crippen LogP contribution in [0.4, 0.5) is 0 Å². The number of hydrogen-bond acceptors (Lipinski definition) is 3. The Morgan fingerprint density at radius 3 is 2.10 bits per heavy atom. The molecule has 0 rings (SSSR count). The molecule has 4 nitrogen and oxygen atoms in total. The lowest BCUT2D eigenvalue weighted by atomic mass is 10.1. The van der Waals surface area contributed by atoms with Crippen LogP contribution in [0.1, 0.15) is 20.8 Å². The van der Waals surface area contributed by atoms with Gasteiger partial charge in [0, 0.05) is 12.2 Å². The highest BCUT2D eigenvalue weighted by Gasteiger charge is 1.91. The maximum Gasteiger partial charge on any atom is 0.330 e. The van der Waals surface area contributed by atoms with Gasteiger partial charge in [-0.1, -0.05) is 41.5 Å². The predicted octanol–water partition coefficient (Wildman–Crippen LogP) is 3.20. The molecule has 0 radical (unpaired) electrons. The molecule has 0 spiro atoms. The molecule has 0 aliphatic heterocycles. The highest BCUT2D eigenvalue weighted by molar-refractivity contribution is 5.82. The summed E-state index contributed by atoms with van der Waals surface area (Å²) in [6, 6.07) is 0. The van der Waals surface area contributed by atoms with Crippen LogP contribution in [-0.2, 0) is 14.3 Å². The summed E-state index contributed by atoms with van der Waals surface area (Å²) in [6.45, 7) is 5.47. The number of aliphatic carboxylic acids is 1. The van der Waals surface area contributed by atoms with Gasteiger partial charge < -0.3 is 9.84 Å². The van der Waals surface area contributed by atoms with Gasteiger partial charge in [-0.25, -0.2) is 9.59 Å². The molecule has 0 amide bonds. The molecule has 1 N–H and O–H groups in total. The summed E-state index contributed by atoms with van der Waals surface area (Å²) in [5.74, 6) is -1.36. The Morgan fingerprint density at radius 1 is 0.900 bits per heavy atom. The van der Waals surface area contributed by atoms with Crippen molar-refractivity contribution < 1.29 is 19.4 Å². The average Bonchev–Trinajstić information content (AvgIpc) is 2.34. The van der Waals surface area contributed by atoms with E-state index in [0.29, 0.717) is 5.57 Å². The van der Waals surface area contributed by atoms with Gasteiger partial charge >= 0.3 is 11.9 Å². The van der Waals surface area contributed by atoms with E-state index in [1.807, 2.05) is 32.1 Å². The molecule has 0 aromatic carbocycles. The third-order valence-electron chi connectivity index (χ3n) is 2.21. The zero-order chi connectivity index (χ0) is 15.5. The second-order valence-corrected chi connectivity index (χ2v) is 4.24. The number of carboxylic acids is 1. The number of carbonyl (C=O) groups is 2. The van der Waals surface area contributed by atoms with Crippen molar-refractivity contribution >= 4 is 11.9 Å². The molecule has 0 atom stereocenters. The number of carbonyl (C=O) groups excluding carboxylic acids is 1. The van der Waals surface area contributed by atoms with Crippen molar-refractivity contribution in [2.75, 3.05) is 7.11 Å². The van der Waals surface area contributed by atoms with Gasteiger partial charge in [-0.2, -0.15) is 0 Å². The van der Waals surface area contributed by atoms with Crippen molar-refractivity contribution in [3.63, 3.8) is 0 Å². The maximum atomic E-state index is 10.9. The quantitative estimate of drug-likeness (QED) is 0.459. The number of esters is 1.